The van der Waals surface area contributed by atoms with Crippen molar-refractivity contribution in [3.63, 3.8) is 0 Å². The Morgan fingerprint density at radius 2 is 1.48 bits per heavy atom. The van der Waals surface area contributed by atoms with Gasteiger partial charge in [0, 0.05) is 21.3 Å². The summed E-state index contributed by atoms with van der Waals surface area (Å²) in [7, 11) is -3.81. The fourth-order valence-corrected chi connectivity index (χ4v) is 4.38. The van der Waals surface area contributed by atoms with Crippen molar-refractivity contribution in [2.24, 2.45) is 0 Å². The van der Waals surface area contributed by atoms with E-state index in [-0.39, 0.29) is 21.2 Å². The van der Waals surface area contributed by atoms with E-state index in [1.165, 1.54) is 30.3 Å². The van der Waals surface area contributed by atoms with Gasteiger partial charge in [-0.25, -0.2) is 8.42 Å². The van der Waals surface area contributed by atoms with E-state index >= 15 is 0 Å². The Balaban J connectivity index is 1.79. The fourth-order valence-electron chi connectivity index (χ4n) is 2.49. The zero-order chi connectivity index (χ0) is 21.2. The number of halogens is 3. The molecule has 2 N–H and O–H groups in total. The third-order valence-electron chi connectivity index (χ3n) is 3.93. The highest BCUT2D eigenvalue weighted by atomic mass is 35.5. The van der Waals surface area contributed by atoms with Crippen LogP contribution in [0.4, 0.5) is 11.4 Å². The van der Waals surface area contributed by atoms with E-state index in [0.29, 0.717) is 15.7 Å². The van der Waals surface area contributed by atoms with E-state index in [1.54, 1.807) is 30.3 Å². The number of carbonyl (C=O) groups is 1. The standard InChI is InChI=1S/C20H15Cl3N2O3S/c1-12-2-5-17(6-3-12)29(27,28)25-19-7-4-13(8-18(19)23)20(26)24-16-10-14(21)9-15(22)11-16/h2-11,25H,1H3,(H,24,26). The van der Waals surface area contributed by atoms with Crippen LogP contribution in [0.5, 0.6) is 0 Å². The van der Waals surface area contributed by atoms with Crippen LogP contribution in [0.2, 0.25) is 15.1 Å². The van der Waals surface area contributed by atoms with Crippen LogP contribution >= 0.6 is 34.8 Å². The van der Waals surface area contributed by atoms with Gasteiger partial charge in [-0.3, -0.25) is 9.52 Å². The molecule has 3 aromatic rings. The third-order valence-corrected chi connectivity index (χ3v) is 6.06. The average molecular weight is 470 g/mol. The van der Waals surface area contributed by atoms with E-state index in [2.05, 4.69) is 10.0 Å². The van der Waals surface area contributed by atoms with Gasteiger partial charge < -0.3 is 5.32 Å². The minimum Gasteiger partial charge on any atom is -0.322 e. The van der Waals surface area contributed by atoms with E-state index in [1.807, 2.05) is 6.92 Å². The molecule has 0 aliphatic carbocycles. The summed E-state index contributed by atoms with van der Waals surface area (Å²) in [5, 5.41) is 3.50. The van der Waals surface area contributed by atoms with Crippen molar-refractivity contribution < 1.29 is 13.2 Å². The normalized spacial score (nSPS) is 11.2. The first-order valence-corrected chi connectivity index (χ1v) is 10.9. The van der Waals surface area contributed by atoms with Crippen LogP contribution < -0.4 is 10.0 Å². The second-order valence-electron chi connectivity index (χ2n) is 6.23. The monoisotopic (exact) mass is 468 g/mol. The van der Waals surface area contributed by atoms with Gasteiger partial charge in [-0.2, -0.15) is 0 Å². The number of nitrogens with one attached hydrogen (secondary N) is 2. The van der Waals surface area contributed by atoms with E-state index in [4.69, 9.17) is 34.8 Å². The highest BCUT2D eigenvalue weighted by Gasteiger charge is 2.17. The second kappa shape index (κ2) is 8.63. The topological polar surface area (TPSA) is 75.3 Å². The molecule has 150 valence electrons. The first kappa shape index (κ1) is 21.5. The number of anilines is 2. The summed E-state index contributed by atoms with van der Waals surface area (Å²) >= 11 is 18.0. The molecule has 0 saturated carbocycles. The Labute approximate surface area is 183 Å². The SMILES string of the molecule is Cc1ccc(S(=O)(=O)Nc2ccc(C(=O)Nc3cc(Cl)cc(Cl)c3)cc2Cl)cc1. The number of benzene rings is 3. The maximum Gasteiger partial charge on any atom is 0.261 e. The molecule has 9 heteroatoms. The van der Waals surface area contributed by atoms with E-state index in [0.717, 1.165) is 5.56 Å². The molecule has 0 heterocycles. The molecule has 3 aromatic carbocycles. The smallest absolute Gasteiger partial charge is 0.261 e. The number of hydrogen-bond acceptors (Lipinski definition) is 3. The number of sulfonamides is 1. The Hall–Kier alpha value is -2.25. The van der Waals surface area contributed by atoms with Gasteiger partial charge in [0.05, 0.1) is 15.6 Å². The lowest BCUT2D eigenvalue weighted by Crippen LogP contribution is -2.15. The molecule has 0 fully saturated rings. The van der Waals surface area contributed by atoms with Crippen molar-refractivity contribution in [3.05, 3.63) is 86.9 Å². The molecule has 3 rings (SSSR count). The van der Waals surface area contributed by atoms with Gasteiger partial charge in [0.15, 0.2) is 0 Å². The molecule has 0 atom stereocenters. The van der Waals surface area contributed by atoms with Crippen molar-refractivity contribution >= 4 is 62.1 Å². The van der Waals surface area contributed by atoms with Gasteiger partial charge in [0.1, 0.15) is 0 Å². The van der Waals surface area contributed by atoms with Crippen LogP contribution in [-0.4, -0.2) is 14.3 Å². The molecule has 0 saturated heterocycles. The minimum atomic E-state index is -3.81. The van der Waals surface area contributed by atoms with Crippen LogP contribution in [0, 0.1) is 6.92 Å². The fraction of sp³-hybridized carbons (Fsp3) is 0.0500. The minimum absolute atomic E-state index is 0.0810. The summed E-state index contributed by atoms with van der Waals surface area (Å²) in [6.45, 7) is 1.86. The average Bonchev–Trinajstić information content (AvgIpc) is 2.62. The number of carbonyl (C=O) groups excluding carboxylic acids is 1. The van der Waals surface area contributed by atoms with Gasteiger partial charge in [0.2, 0.25) is 0 Å². The summed E-state index contributed by atoms with van der Waals surface area (Å²) in [5.41, 5.74) is 1.77. The van der Waals surface area contributed by atoms with Crippen molar-refractivity contribution in [3.8, 4) is 0 Å². The molecule has 0 aromatic heterocycles. The Kier molecular flexibility index (Phi) is 6.39. The number of amides is 1. The molecule has 1 amide bonds. The number of hydrogen-bond donors (Lipinski definition) is 2. The number of rotatable bonds is 5. The molecule has 0 radical (unpaired) electrons. The predicted molar refractivity (Wildman–Crippen MR) is 118 cm³/mol. The van der Waals surface area contributed by atoms with Crippen molar-refractivity contribution in [2.75, 3.05) is 10.0 Å². The van der Waals surface area contributed by atoms with Gasteiger partial charge in [-0.1, -0.05) is 52.5 Å². The molecule has 29 heavy (non-hydrogen) atoms. The summed E-state index contributed by atoms with van der Waals surface area (Å²) in [6, 6.07) is 15.3. The third kappa shape index (κ3) is 5.42. The Morgan fingerprint density at radius 3 is 2.07 bits per heavy atom. The number of aryl methyl sites for hydroxylation is 1. The Morgan fingerprint density at radius 1 is 0.862 bits per heavy atom. The van der Waals surface area contributed by atoms with Crippen LogP contribution in [0.25, 0.3) is 0 Å². The summed E-state index contributed by atoms with van der Waals surface area (Å²) in [5.74, 6) is -0.446. The maximum absolute atomic E-state index is 12.5. The highest BCUT2D eigenvalue weighted by molar-refractivity contribution is 7.92. The Bertz CT molecular complexity index is 1160. The lowest BCUT2D eigenvalue weighted by molar-refractivity contribution is 0.102. The molecular weight excluding hydrogens is 455 g/mol. The summed E-state index contributed by atoms with van der Waals surface area (Å²) in [6.07, 6.45) is 0. The van der Waals surface area contributed by atoms with Crippen LogP contribution in [0.1, 0.15) is 15.9 Å². The second-order valence-corrected chi connectivity index (χ2v) is 9.19. The van der Waals surface area contributed by atoms with Crippen LogP contribution in [0.3, 0.4) is 0 Å². The first-order valence-electron chi connectivity index (χ1n) is 8.30. The van der Waals surface area contributed by atoms with Gasteiger partial charge in [-0.15, -0.1) is 0 Å². The highest BCUT2D eigenvalue weighted by Crippen LogP contribution is 2.27. The predicted octanol–water partition coefficient (Wildman–Crippen LogP) is 6.01. The van der Waals surface area contributed by atoms with Crippen LogP contribution in [-0.2, 0) is 10.0 Å². The zero-order valence-electron chi connectivity index (χ0n) is 15.0. The van der Waals surface area contributed by atoms with E-state index < -0.39 is 15.9 Å². The molecule has 0 aliphatic heterocycles. The maximum atomic E-state index is 12.5. The summed E-state index contributed by atoms with van der Waals surface area (Å²) < 4.78 is 27.5. The largest absolute Gasteiger partial charge is 0.322 e. The first-order chi connectivity index (χ1) is 13.6. The molecule has 0 bridgehead atoms. The van der Waals surface area contributed by atoms with Gasteiger partial charge in [-0.05, 0) is 55.5 Å². The quantitative estimate of drug-likeness (QED) is 0.480. The van der Waals surface area contributed by atoms with E-state index in [9.17, 15) is 13.2 Å². The molecule has 5 nitrogen and oxygen atoms in total. The molecule has 0 unspecified atom stereocenters. The van der Waals surface area contributed by atoms with Crippen molar-refractivity contribution in [2.45, 2.75) is 11.8 Å². The summed E-state index contributed by atoms with van der Waals surface area (Å²) in [4.78, 5) is 12.6. The molecule has 0 spiro atoms. The molecular formula is C20H15Cl3N2O3S. The van der Waals surface area contributed by atoms with Gasteiger partial charge in [0.25, 0.3) is 15.9 Å². The lowest BCUT2D eigenvalue weighted by Gasteiger charge is -2.12. The van der Waals surface area contributed by atoms with Crippen molar-refractivity contribution in [1.82, 2.24) is 0 Å². The zero-order valence-corrected chi connectivity index (χ0v) is 18.1. The van der Waals surface area contributed by atoms with Crippen molar-refractivity contribution in [1.29, 1.82) is 0 Å². The molecule has 0 aliphatic rings. The van der Waals surface area contributed by atoms with Crippen LogP contribution in [0.15, 0.2) is 65.6 Å². The lowest BCUT2D eigenvalue weighted by atomic mass is 10.2. The van der Waals surface area contributed by atoms with Gasteiger partial charge >= 0.3 is 0 Å².